The number of amides is 2. The van der Waals surface area contributed by atoms with Crippen LogP contribution in [0.15, 0.2) is 36.4 Å². The van der Waals surface area contributed by atoms with E-state index in [1.807, 2.05) is 13.8 Å². The molecule has 0 unspecified atom stereocenters. The van der Waals surface area contributed by atoms with Crippen LogP contribution in [0.3, 0.4) is 0 Å². The second-order valence-electron chi connectivity index (χ2n) is 7.60. The zero-order valence-corrected chi connectivity index (χ0v) is 20.9. The minimum atomic E-state index is -0.844. The Labute approximate surface area is 208 Å². The Morgan fingerprint density at radius 2 is 1.82 bits per heavy atom. The van der Waals surface area contributed by atoms with Crippen molar-refractivity contribution in [3.63, 3.8) is 0 Å². The molecule has 2 aromatic carbocycles. The quantitative estimate of drug-likeness (QED) is 0.348. The molecule has 9 nitrogen and oxygen atoms in total. The Balaban J connectivity index is 2.26. The molecular formula is C23H27Cl2N3O6. The number of rotatable bonds is 11. The van der Waals surface area contributed by atoms with Gasteiger partial charge in [0.15, 0.2) is 6.61 Å². The molecule has 0 bridgehead atoms. The van der Waals surface area contributed by atoms with Crippen LogP contribution in [0.5, 0.6) is 11.5 Å². The van der Waals surface area contributed by atoms with E-state index < -0.39 is 23.5 Å². The molecule has 0 fully saturated rings. The van der Waals surface area contributed by atoms with Gasteiger partial charge in [0.2, 0.25) is 11.7 Å². The molecule has 0 radical (unpaired) electrons. The minimum absolute atomic E-state index is 0.00375. The SMILES string of the molecule is CC[C@H](C)NC(=O)[C@@H](C)N(Cc1c(Cl)cccc1Cl)C(=O)COc1ccc([N+](=O)[O-])c(OC)c1. The van der Waals surface area contributed by atoms with Crippen molar-refractivity contribution in [1.82, 2.24) is 10.2 Å². The first-order valence-electron chi connectivity index (χ1n) is 10.6. The van der Waals surface area contributed by atoms with E-state index in [1.54, 1.807) is 25.1 Å². The van der Waals surface area contributed by atoms with Crippen LogP contribution in [-0.4, -0.2) is 47.4 Å². The number of benzene rings is 2. The number of halogens is 2. The predicted molar refractivity (Wildman–Crippen MR) is 130 cm³/mol. The van der Waals surface area contributed by atoms with Gasteiger partial charge in [-0.25, -0.2) is 0 Å². The van der Waals surface area contributed by atoms with Crippen molar-refractivity contribution in [2.24, 2.45) is 0 Å². The molecule has 184 valence electrons. The lowest BCUT2D eigenvalue weighted by atomic mass is 10.1. The van der Waals surface area contributed by atoms with Gasteiger partial charge in [-0.1, -0.05) is 36.2 Å². The number of nitrogens with zero attached hydrogens (tertiary/aromatic N) is 2. The Morgan fingerprint density at radius 3 is 2.38 bits per heavy atom. The second kappa shape index (κ2) is 12.4. The molecule has 0 aliphatic rings. The third-order valence-corrected chi connectivity index (χ3v) is 5.98. The molecule has 0 heterocycles. The summed E-state index contributed by atoms with van der Waals surface area (Å²) in [6, 6.07) is 7.97. The van der Waals surface area contributed by atoms with Crippen LogP contribution >= 0.6 is 23.2 Å². The molecule has 0 saturated heterocycles. The molecule has 0 aliphatic carbocycles. The normalized spacial score (nSPS) is 12.4. The highest BCUT2D eigenvalue weighted by molar-refractivity contribution is 6.36. The summed E-state index contributed by atoms with van der Waals surface area (Å²) in [7, 11) is 1.30. The predicted octanol–water partition coefficient (Wildman–Crippen LogP) is 4.62. The highest BCUT2D eigenvalue weighted by atomic mass is 35.5. The van der Waals surface area contributed by atoms with Gasteiger partial charge in [0.1, 0.15) is 11.8 Å². The van der Waals surface area contributed by atoms with E-state index in [4.69, 9.17) is 32.7 Å². The third kappa shape index (κ3) is 6.98. The Hall–Kier alpha value is -3.04. The van der Waals surface area contributed by atoms with E-state index in [9.17, 15) is 19.7 Å². The smallest absolute Gasteiger partial charge is 0.311 e. The summed E-state index contributed by atoms with van der Waals surface area (Å²) in [5.74, 6) is -0.637. The molecule has 0 spiro atoms. The molecule has 2 aromatic rings. The number of hydrogen-bond acceptors (Lipinski definition) is 6. The lowest BCUT2D eigenvalue weighted by molar-refractivity contribution is -0.385. The first-order valence-corrected chi connectivity index (χ1v) is 11.3. The highest BCUT2D eigenvalue weighted by Crippen LogP contribution is 2.31. The Morgan fingerprint density at radius 1 is 1.18 bits per heavy atom. The molecule has 1 N–H and O–H groups in total. The van der Waals surface area contributed by atoms with Gasteiger partial charge in [-0.15, -0.1) is 0 Å². The number of methoxy groups -OCH3 is 1. The van der Waals surface area contributed by atoms with Gasteiger partial charge >= 0.3 is 5.69 Å². The molecule has 2 rings (SSSR count). The maximum absolute atomic E-state index is 13.2. The van der Waals surface area contributed by atoms with E-state index in [2.05, 4.69) is 5.32 Å². The molecular weight excluding hydrogens is 485 g/mol. The lowest BCUT2D eigenvalue weighted by Crippen LogP contribution is -2.50. The van der Waals surface area contributed by atoms with Gasteiger partial charge in [0.05, 0.1) is 12.0 Å². The van der Waals surface area contributed by atoms with Crippen LogP contribution in [0.25, 0.3) is 0 Å². The van der Waals surface area contributed by atoms with Gasteiger partial charge in [-0.05, 0) is 38.5 Å². The zero-order chi connectivity index (χ0) is 25.4. The van der Waals surface area contributed by atoms with E-state index in [0.29, 0.717) is 15.6 Å². The van der Waals surface area contributed by atoms with Gasteiger partial charge in [0.25, 0.3) is 5.91 Å². The number of carbonyl (C=O) groups is 2. The largest absolute Gasteiger partial charge is 0.490 e. The summed E-state index contributed by atoms with van der Waals surface area (Å²) in [6.07, 6.45) is 0.730. The molecule has 34 heavy (non-hydrogen) atoms. The number of hydrogen-bond donors (Lipinski definition) is 1. The van der Waals surface area contributed by atoms with Crippen LogP contribution in [0, 0.1) is 10.1 Å². The van der Waals surface area contributed by atoms with Crippen molar-refractivity contribution >= 4 is 40.7 Å². The Kier molecular flexibility index (Phi) is 9.95. The summed E-state index contributed by atoms with van der Waals surface area (Å²) < 4.78 is 10.6. The van der Waals surface area contributed by atoms with E-state index in [0.717, 1.165) is 6.42 Å². The maximum atomic E-state index is 13.2. The van der Waals surface area contributed by atoms with Crippen molar-refractivity contribution in [3.05, 3.63) is 62.1 Å². The van der Waals surface area contributed by atoms with Crippen molar-refractivity contribution in [1.29, 1.82) is 0 Å². The average Bonchev–Trinajstić information content (AvgIpc) is 2.81. The molecule has 0 aliphatic heterocycles. The van der Waals surface area contributed by atoms with E-state index in [1.165, 1.54) is 30.2 Å². The van der Waals surface area contributed by atoms with Crippen molar-refractivity contribution in [3.8, 4) is 11.5 Å². The molecule has 11 heteroatoms. The van der Waals surface area contributed by atoms with Crippen LogP contribution in [-0.2, 0) is 16.1 Å². The zero-order valence-electron chi connectivity index (χ0n) is 19.3. The van der Waals surface area contributed by atoms with Gasteiger partial charge in [-0.2, -0.15) is 0 Å². The van der Waals surface area contributed by atoms with Gasteiger partial charge in [-0.3, -0.25) is 19.7 Å². The minimum Gasteiger partial charge on any atom is -0.490 e. The first-order chi connectivity index (χ1) is 16.1. The van der Waals surface area contributed by atoms with Crippen molar-refractivity contribution < 1.29 is 24.0 Å². The monoisotopic (exact) mass is 511 g/mol. The standard InChI is InChI=1S/C23H27Cl2N3O6/c1-5-14(2)26-23(30)15(3)27(12-17-18(24)7-6-8-19(17)25)22(29)13-34-16-9-10-20(28(31)32)21(11-16)33-4/h6-11,14-15H,5,12-13H2,1-4H3,(H,26,30)/t14-,15+/m0/s1. The van der Waals surface area contributed by atoms with Crippen molar-refractivity contribution in [2.45, 2.75) is 45.8 Å². The van der Waals surface area contributed by atoms with Crippen LogP contribution in [0.2, 0.25) is 10.0 Å². The summed E-state index contributed by atoms with van der Waals surface area (Å²) in [6.45, 7) is 4.97. The summed E-state index contributed by atoms with van der Waals surface area (Å²) in [5, 5.41) is 14.7. The number of ether oxygens (including phenoxy) is 2. The van der Waals surface area contributed by atoms with Crippen LogP contribution in [0.4, 0.5) is 5.69 Å². The average molecular weight is 512 g/mol. The summed E-state index contributed by atoms with van der Waals surface area (Å²) in [5.41, 5.74) is 0.269. The lowest BCUT2D eigenvalue weighted by Gasteiger charge is -2.30. The topological polar surface area (TPSA) is 111 Å². The van der Waals surface area contributed by atoms with Crippen molar-refractivity contribution in [2.75, 3.05) is 13.7 Å². The molecule has 2 atom stereocenters. The highest BCUT2D eigenvalue weighted by Gasteiger charge is 2.28. The van der Waals surface area contributed by atoms with E-state index >= 15 is 0 Å². The summed E-state index contributed by atoms with van der Waals surface area (Å²) >= 11 is 12.6. The third-order valence-electron chi connectivity index (χ3n) is 5.27. The van der Waals surface area contributed by atoms with Crippen LogP contribution in [0.1, 0.15) is 32.8 Å². The number of nitrogens with one attached hydrogen (secondary N) is 1. The van der Waals surface area contributed by atoms with Gasteiger partial charge in [0, 0.05) is 40.3 Å². The molecule has 2 amide bonds. The fourth-order valence-electron chi connectivity index (χ4n) is 3.03. The number of nitro benzene ring substituents is 1. The molecule has 0 saturated carbocycles. The molecule has 0 aromatic heterocycles. The number of nitro groups is 1. The van der Waals surface area contributed by atoms with E-state index in [-0.39, 0.29) is 35.7 Å². The van der Waals surface area contributed by atoms with Gasteiger partial charge < -0.3 is 19.7 Å². The number of carbonyl (C=O) groups excluding carboxylic acids is 2. The fraction of sp³-hybridized carbons (Fsp3) is 0.391. The Bertz CT molecular complexity index is 1030. The summed E-state index contributed by atoms with van der Waals surface area (Å²) in [4.78, 5) is 37.8. The fourth-order valence-corrected chi connectivity index (χ4v) is 3.55. The first kappa shape index (κ1) is 27.2. The second-order valence-corrected chi connectivity index (χ2v) is 8.41. The maximum Gasteiger partial charge on any atom is 0.311 e. The van der Waals surface area contributed by atoms with Crippen LogP contribution < -0.4 is 14.8 Å².